The van der Waals surface area contributed by atoms with Gasteiger partial charge in [-0.2, -0.15) is 0 Å². The van der Waals surface area contributed by atoms with E-state index in [-0.39, 0.29) is 11.9 Å². The van der Waals surface area contributed by atoms with Crippen molar-refractivity contribution in [1.82, 2.24) is 5.32 Å². The molecule has 0 spiro atoms. The van der Waals surface area contributed by atoms with E-state index in [1.807, 2.05) is 25.2 Å². The Labute approximate surface area is 144 Å². The number of hydrogen-bond donors (Lipinski definition) is 1. The fraction of sp³-hybridized carbons (Fsp3) is 0.200. The summed E-state index contributed by atoms with van der Waals surface area (Å²) >= 11 is 12.7. The Morgan fingerprint density at radius 3 is 2.43 bits per heavy atom. The first kappa shape index (κ1) is 16.7. The minimum atomic E-state index is -0.361. The molecule has 0 bridgehead atoms. The predicted molar refractivity (Wildman–Crippen MR) is 90.7 cm³/mol. The van der Waals surface area contributed by atoms with Crippen LogP contribution in [0.1, 0.15) is 17.2 Å². The van der Waals surface area contributed by atoms with E-state index in [0.717, 1.165) is 15.6 Å². The second kappa shape index (κ2) is 7.09. The van der Waals surface area contributed by atoms with Crippen molar-refractivity contribution in [2.24, 2.45) is 0 Å². The Morgan fingerprint density at radius 1 is 1.14 bits per heavy atom. The maximum Gasteiger partial charge on any atom is 0.141 e. The van der Waals surface area contributed by atoms with Gasteiger partial charge in [-0.05, 0) is 46.7 Å². The zero-order valence-corrected chi connectivity index (χ0v) is 15.3. The van der Waals surface area contributed by atoms with Crippen molar-refractivity contribution in [2.75, 3.05) is 14.2 Å². The lowest BCUT2D eigenvalue weighted by Crippen LogP contribution is -2.19. The van der Waals surface area contributed by atoms with E-state index < -0.39 is 0 Å². The molecule has 1 unspecified atom stereocenters. The average Bonchev–Trinajstić information content (AvgIpc) is 2.45. The molecule has 2 aromatic rings. The monoisotopic (exact) mass is 435 g/mol. The molecule has 0 aliphatic carbocycles. The van der Waals surface area contributed by atoms with E-state index in [9.17, 15) is 4.39 Å². The maximum absolute atomic E-state index is 13.7. The second-order valence-corrected chi connectivity index (χ2v) is 6.54. The van der Waals surface area contributed by atoms with Gasteiger partial charge in [-0.25, -0.2) is 4.39 Å². The van der Waals surface area contributed by atoms with E-state index >= 15 is 0 Å². The van der Waals surface area contributed by atoms with Crippen molar-refractivity contribution >= 4 is 43.5 Å². The van der Waals surface area contributed by atoms with Gasteiger partial charge in [0, 0.05) is 21.1 Å². The summed E-state index contributed by atoms with van der Waals surface area (Å²) in [5.41, 5.74) is 1.81. The molecule has 0 heterocycles. The first-order valence-corrected chi connectivity index (χ1v) is 8.09. The topological polar surface area (TPSA) is 21.3 Å². The summed E-state index contributed by atoms with van der Waals surface area (Å²) in [5, 5.41) is 3.87. The van der Waals surface area contributed by atoms with Gasteiger partial charge in [-0.1, -0.05) is 33.6 Å². The Kier molecular flexibility index (Phi) is 5.66. The molecule has 1 N–H and O–H groups in total. The van der Waals surface area contributed by atoms with Crippen LogP contribution in [0.4, 0.5) is 4.39 Å². The van der Waals surface area contributed by atoms with Crippen LogP contribution in [0.3, 0.4) is 0 Å². The number of nitrogens with one attached hydrogen (secondary N) is 1. The largest absolute Gasteiger partial charge is 0.496 e. The highest BCUT2D eigenvalue weighted by Gasteiger charge is 2.21. The predicted octanol–water partition coefficient (Wildman–Crippen LogP) is 5.32. The third-order valence-corrected chi connectivity index (χ3v) is 4.68. The number of rotatable bonds is 4. The van der Waals surface area contributed by atoms with Gasteiger partial charge in [0.1, 0.15) is 11.6 Å². The fourth-order valence-electron chi connectivity index (χ4n) is 2.16. The number of ether oxygens (including phenoxy) is 1. The van der Waals surface area contributed by atoms with Gasteiger partial charge >= 0.3 is 0 Å². The number of methoxy groups -OCH3 is 1. The zero-order chi connectivity index (χ0) is 15.6. The first-order valence-electron chi connectivity index (χ1n) is 6.13. The van der Waals surface area contributed by atoms with Crippen LogP contribution in [0, 0.1) is 5.82 Å². The van der Waals surface area contributed by atoms with Gasteiger partial charge in [-0.15, -0.1) is 0 Å². The molecule has 0 aliphatic rings. The molecule has 1 atom stereocenters. The number of halogens is 4. The van der Waals surface area contributed by atoms with E-state index in [4.69, 9.17) is 16.3 Å². The van der Waals surface area contributed by atoms with Crippen molar-refractivity contribution in [3.8, 4) is 5.75 Å². The van der Waals surface area contributed by atoms with Gasteiger partial charge in [0.2, 0.25) is 0 Å². The second-order valence-electron chi connectivity index (χ2n) is 4.40. The summed E-state index contributed by atoms with van der Waals surface area (Å²) in [6.07, 6.45) is 0. The van der Waals surface area contributed by atoms with Gasteiger partial charge in [0.15, 0.2) is 0 Å². The van der Waals surface area contributed by atoms with Crippen LogP contribution in [0.2, 0.25) is 5.02 Å². The Morgan fingerprint density at radius 2 is 1.86 bits per heavy atom. The summed E-state index contributed by atoms with van der Waals surface area (Å²) in [7, 11) is 3.36. The lowest BCUT2D eigenvalue weighted by atomic mass is 9.98. The zero-order valence-electron chi connectivity index (χ0n) is 11.4. The summed E-state index contributed by atoms with van der Waals surface area (Å²) in [6, 6.07) is 8.49. The summed E-state index contributed by atoms with van der Waals surface area (Å²) < 4.78 is 20.2. The summed E-state index contributed by atoms with van der Waals surface area (Å²) in [5.74, 6) is 0.123. The van der Waals surface area contributed by atoms with E-state index in [0.29, 0.717) is 15.2 Å². The molecule has 0 aromatic heterocycles. The lowest BCUT2D eigenvalue weighted by Gasteiger charge is -2.21. The normalized spacial score (nSPS) is 12.3. The van der Waals surface area contributed by atoms with Crippen LogP contribution in [0.5, 0.6) is 5.75 Å². The Hall–Kier alpha value is -0.620. The van der Waals surface area contributed by atoms with Crippen LogP contribution < -0.4 is 10.1 Å². The van der Waals surface area contributed by atoms with Crippen LogP contribution >= 0.6 is 43.5 Å². The summed E-state index contributed by atoms with van der Waals surface area (Å²) in [4.78, 5) is 0. The lowest BCUT2D eigenvalue weighted by molar-refractivity contribution is 0.401. The molecule has 2 nitrogen and oxygen atoms in total. The Bertz CT molecular complexity index is 666. The third kappa shape index (κ3) is 3.59. The fourth-order valence-corrected chi connectivity index (χ4v) is 3.43. The van der Waals surface area contributed by atoms with Crippen molar-refractivity contribution in [3.63, 3.8) is 0 Å². The smallest absolute Gasteiger partial charge is 0.141 e. The van der Waals surface area contributed by atoms with Crippen LogP contribution in [0.15, 0.2) is 39.3 Å². The van der Waals surface area contributed by atoms with Gasteiger partial charge < -0.3 is 10.1 Å². The minimum Gasteiger partial charge on any atom is -0.496 e. The van der Waals surface area contributed by atoms with Gasteiger partial charge in [0.05, 0.1) is 17.6 Å². The third-order valence-electron chi connectivity index (χ3n) is 3.15. The number of benzene rings is 2. The molecular weight excluding hydrogens is 424 g/mol. The standard InChI is InChI=1S/C15H13Br2ClFNO/c1-20-15(9-4-3-8(18)5-11(9)16)10-6-12(17)13(19)7-14(10)21-2/h3-7,15,20H,1-2H3. The van der Waals surface area contributed by atoms with Crippen molar-refractivity contribution in [3.05, 3.63) is 61.2 Å². The van der Waals surface area contributed by atoms with Crippen molar-refractivity contribution in [2.45, 2.75) is 6.04 Å². The highest BCUT2D eigenvalue weighted by atomic mass is 79.9. The molecule has 0 fully saturated rings. The molecule has 0 radical (unpaired) electrons. The molecule has 6 heteroatoms. The first-order chi connectivity index (χ1) is 9.97. The SMILES string of the molecule is CNC(c1ccc(Cl)cc1Br)c1cc(Br)c(F)cc1OC. The Balaban J connectivity index is 2.58. The highest BCUT2D eigenvalue weighted by Crippen LogP contribution is 2.37. The molecule has 2 aromatic carbocycles. The van der Waals surface area contributed by atoms with E-state index in [1.54, 1.807) is 6.07 Å². The maximum atomic E-state index is 13.7. The molecule has 0 amide bonds. The van der Waals surface area contributed by atoms with E-state index in [2.05, 4.69) is 37.2 Å². The van der Waals surface area contributed by atoms with Crippen LogP contribution in [-0.2, 0) is 0 Å². The van der Waals surface area contributed by atoms with E-state index in [1.165, 1.54) is 13.2 Å². The molecule has 0 saturated carbocycles. The molecule has 21 heavy (non-hydrogen) atoms. The quantitative estimate of drug-likeness (QED) is 0.699. The highest BCUT2D eigenvalue weighted by molar-refractivity contribution is 9.10. The molecule has 0 saturated heterocycles. The molecule has 112 valence electrons. The van der Waals surface area contributed by atoms with Crippen molar-refractivity contribution in [1.29, 1.82) is 0 Å². The average molecular weight is 438 g/mol. The summed E-state index contributed by atoms with van der Waals surface area (Å²) in [6.45, 7) is 0. The van der Waals surface area contributed by atoms with Crippen molar-refractivity contribution < 1.29 is 9.13 Å². The van der Waals surface area contributed by atoms with Gasteiger partial charge in [-0.3, -0.25) is 0 Å². The molecule has 0 aliphatic heterocycles. The minimum absolute atomic E-state index is 0.163. The van der Waals surface area contributed by atoms with Gasteiger partial charge in [0.25, 0.3) is 0 Å². The number of hydrogen-bond acceptors (Lipinski definition) is 2. The molecular formula is C15H13Br2ClFNO. The molecule has 2 rings (SSSR count). The van der Waals surface area contributed by atoms with Crippen LogP contribution in [0.25, 0.3) is 0 Å². The van der Waals surface area contributed by atoms with Crippen LogP contribution in [-0.4, -0.2) is 14.2 Å².